The lowest BCUT2D eigenvalue weighted by molar-refractivity contribution is -0.143. The number of carbonyl (C=O) groups excluding carboxylic acids is 1. The zero-order valence-electron chi connectivity index (χ0n) is 11.1. The monoisotopic (exact) mass is 258 g/mol. The highest BCUT2D eigenvalue weighted by molar-refractivity contribution is 5.88. The largest absolute Gasteiger partial charge is 0.493 e. The second-order valence-electron chi connectivity index (χ2n) is 4.23. The van der Waals surface area contributed by atoms with Gasteiger partial charge in [-0.25, -0.2) is 0 Å². The summed E-state index contributed by atoms with van der Waals surface area (Å²) >= 11 is 0. The summed E-state index contributed by atoms with van der Waals surface area (Å²) in [4.78, 5) is 11.2. The van der Waals surface area contributed by atoms with E-state index in [1.165, 1.54) is 0 Å². The molecule has 3 nitrogen and oxygen atoms in total. The fraction of sp³-hybridized carbons (Fsp3) is 0.312. The van der Waals surface area contributed by atoms with Crippen molar-refractivity contribution in [2.24, 2.45) is 0 Å². The average molecular weight is 258 g/mol. The molecule has 19 heavy (non-hydrogen) atoms. The molecule has 0 bridgehead atoms. The first-order valence-electron chi connectivity index (χ1n) is 6.57. The summed E-state index contributed by atoms with van der Waals surface area (Å²) in [5.74, 6) is 0.700. The van der Waals surface area contributed by atoms with Crippen LogP contribution in [0.25, 0.3) is 10.8 Å². The maximum atomic E-state index is 11.2. The smallest absolute Gasteiger partial charge is 0.305 e. The number of hydrogen-bond donors (Lipinski definition) is 0. The molecular formula is C16H18O3. The van der Waals surface area contributed by atoms with Gasteiger partial charge in [-0.1, -0.05) is 36.4 Å². The van der Waals surface area contributed by atoms with Gasteiger partial charge in [0.25, 0.3) is 0 Å². The molecule has 0 saturated carbocycles. The van der Waals surface area contributed by atoms with Crippen LogP contribution in [0.4, 0.5) is 0 Å². The minimum absolute atomic E-state index is 0.163. The lowest BCUT2D eigenvalue weighted by Crippen LogP contribution is -2.06. The van der Waals surface area contributed by atoms with E-state index < -0.39 is 0 Å². The Hall–Kier alpha value is -2.03. The quantitative estimate of drug-likeness (QED) is 0.587. The minimum Gasteiger partial charge on any atom is -0.493 e. The Morgan fingerprint density at radius 3 is 2.74 bits per heavy atom. The third kappa shape index (κ3) is 3.71. The van der Waals surface area contributed by atoms with Crippen molar-refractivity contribution in [2.45, 2.75) is 19.8 Å². The van der Waals surface area contributed by atoms with Crippen LogP contribution in [-0.4, -0.2) is 19.2 Å². The van der Waals surface area contributed by atoms with E-state index in [1.807, 2.05) is 37.3 Å². The van der Waals surface area contributed by atoms with Gasteiger partial charge in [-0.05, 0) is 24.8 Å². The summed E-state index contributed by atoms with van der Waals surface area (Å²) < 4.78 is 10.6. The van der Waals surface area contributed by atoms with Crippen LogP contribution in [0.2, 0.25) is 0 Å². The van der Waals surface area contributed by atoms with Gasteiger partial charge >= 0.3 is 5.97 Å². The molecule has 0 N–H and O–H groups in total. The topological polar surface area (TPSA) is 35.5 Å². The minimum atomic E-state index is -0.163. The van der Waals surface area contributed by atoms with E-state index in [0.717, 1.165) is 16.5 Å². The molecule has 0 radical (unpaired) electrons. The first kappa shape index (κ1) is 13.4. The fourth-order valence-corrected chi connectivity index (χ4v) is 1.95. The van der Waals surface area contributed by atoms with E-state index in [0.29, 0.717) is 26.1 Å². The van der Waals surface area contributed by atoms with E-state index in [4.69, 9.17) is 9.47 Å². The van der Waals surface area contributed by atoms with E-state index in [2.05, 4.69) is 12.1 Å². The van der Waals surface area contributed by atoms with Crippen LogP contribution in [-0.2, 0) is 9.53 Å². The normalized spacial score (nSPS) is 10.4. The first-order valence-corrected chi connectivity index (χ1v) is 6.57. The van der Waals surface area contributed by atoms with Crippen molar-refractivity contribution < 1.29 is 14.3 Å². The molecule has 0 spiro atoms. The van der Waals surface area contributed by atoms with Crippen LogP contribution in [0.1, 0.15) is 19.8 Å². The Labute approximate surface area is 113 Å². The Morgan fingerprint density at radius 2 is 1.89 bits per heavy atom. The second-order valence-corrected chi connectivity index (χ2v) is 4.23. The average Bonchev–Trinajstić information content (AvgIpc) is 2.44. The molecule has 0 aliphatic heterocycles. The maximum Gasteiger partial charge on any atom is 0.305 e. The van der Waals surface area contributed by atoms with Gasteiger partial charge in [-0.2, -0.15) is 0 Å². The molecule has 0 aromatic heterocycles. The molecule has 2 aromatic rings. The summed E-state index contributed by atoms with van der Waals surface area (Å²) in [5.41, 5.74) is 0. The number of ether oxygens (including phenoxy) is 2. The fourth-order valence-electron chi connectivity index (χ4n) is 1.95. The van der Waals surface area contributed by atoms with Gasteiger partial charge in [0.15, 0.2) is 0 Å². The highest BCUT2D eigenvalue weighted by atomic mass is 16.5. The third-order valence-electron chi connectivity index (χ3n) is 2.84. The Balaban J connectivity index is 1.90. The third-order valence-corrected chi connectivity index (χ3v) is 2.84. The number of fused-ring (bicyclic) bond motifs is 1. The summed E-state index contributed by atoms with van der Waals surface area (Å²) in [5, 5.41) is 2.26. The van der Waals surface area contributed by atoms with Gasteiger partial charge in [0.2, 0.25) is 0 Å². The van der Waals surface area contributed by atoms with Gasteiger partial charge in [-0.15, -0.1) is 0 Å². The van der Waals surface area contributed by atoms with Crippen molar-refractivity contribution >= 4 is 16.7 Å². The van der Waals surface area contributed by atoms with Crippen molar-refractivity contribution in [2.75, 3.05) is 13.2 Å². The molecule has 0 amide bonds. The van der Waals surface area contributed by atoms with E-state index in [1.54, 1.807) is 0 Å². The molecular weight excluding hydrogens is 240 g/mol. The molecule has 0 atom stereocenters. The van der Waals surface area contributed by atoms with E-state index in [-0.39, 0.29) is 5.97 Å². The van der Waals surface area contributed by atoms with E-state index >= 15 is 0 Å². The lowest BCUT2D eigenvalue weighted by Gasteiger charge is -2.09. The van der Waals surface area contributed by atoms with Crippen LogP contribution in [0.5, 0.6) is 5.75 Å². The van der Waals surface area contributed by atoms with Crippen LogP contribution in [0.15, 0.2) is 42.5 Å². The number of benzene rings is 2. The second kappa shape index (κ2) is 6.78. The summed E-state index contributed by atoms with van der Waals surface area (Å²) in [7, 11) is 0. The van der Waals surface area contributed by atoms with Crippen LogP contribution >= 0.6 is 0 Å². The molecule has 0 fully saturated rings. The summed E-state index contributed by atoms with van der Waals surface area (Å²) in [6.45, 7) is 2.76. The molecule has 2 rings (SSSR count). The lowest BCUT2D eigenvalue weighted by atomic mass is 10.1. The van der Waals surface area contributed by atoms with Crippen LogP contribution in [0.3, 0.4) is 0 Å². The van der Waals surface area contributed by atoms with E-state index in [9.17, 15) is 4.79 Å². The highest BCUT2D eigenvalue weighted by Crippen LogP contribution is 2.25. The zero-order valence-corrected chi connectivity index (χ0v) is 11.1. The predicted octanol–water partition coefficient (Wildman–Crippen LogP) is 3.56. The zero-order chi connectivity index (χ0) is 13.5. The van der Waals surface area contributed by atoms with Gasteiger partial charge in [-0.3, -0.25) is 4.79 Å². The predicted molar refractivity (Wildman–Crippen MR) is 75.3 cm³/mol. The Morgan fingerprint density at radius 1 is 1.11 bits per heavy atom. The molecule has 0 unspecified atom stereocenters. The molecule has 0 aliphatic rings. The van der Waals surface area contributed by atoms with Gasteiger partial charge < -0.3 is 9.47 Å². The van der Waals surface area contributed by atoms with Crippen molar-refractivity contribution in [1.29, 1.82) is 0 Å². The molecule has 0 aliphatic carbocycles. The van der Waals surface area contributed by atoms with Crippen LogP contribution in [0, 0.1) is 0 Å². The molecule has 0 saturated heterocycles. The number of rotatable bonds is 6. The highest BCUT2D eigenvalue weighted by Gasteiger charge is 2.03. The van der Waals surface area contributed by atoms with Gasteiger partial charge in [0.1, 0.15) is 5.75 Å². The molecule has 0 heterocycles. The van der Waals surface area contributed by atoms with Crippen LogP contribution < -0.4 is 4.74 Å². The van der Waals surface area contributed by atoms with Gasteiger partial charge in [0, 0.05) is 11.8 Å². The van der Waals surface area contributed by atoms with Crippen molar-refractivity contribution in [1.82, 2.24) is 0 Å². The molecule has 100 valence electrons. The number of hydrogen-bond acceptors (Lipinski definition) is 3. The standard InChI is InChI=1S/C16H18O3/c1-2-18-16(17)11-6-12-19-15-10-5-8-13-7-3-4-9-14(13)15/h3-5,7-10H,2,6,11-12H2,1H3. The number of carbonyl (C=O) groups is 1. The Kier molecular flexibility index (Phi) is 4.78. The Bertz CT molecular complexity index is 543. The van der Waals surface area contributed by atoms with Crippen molar-refractivity contribution in [3.8, 4) is 5.75 Å². The first-order chi connectivity index (χ1) is 9.31. The summed E-state index contributed by atoms with van der Waals surface area (Å²) in [6, 6.07) is 14.1. The van der Waals surface area contributed by atoms with Crippen molar-refractivity contribution in [3.63, 3.8) is 0 Å². The SMILES string of the molecule is CCOC(=O)CCCOc1cccc2ccccc12. The van der Waals surface area contributed by atoms with Gasteiger partial charge in [0.05, 0.1) is 13.2 Å². The number of esters is 1. The maximum absolute atomic E-state index is 11.2. The molecule has 3 heteroatoms. The van der Waals surface area contributed by atoms with Crippen molar-refractivity contribution in [3.05, 3.63) is 42.5 Å². The molecule has 2 aromatic carbocycles. The summed E-state index contributed by atoms with van der Waals surface area (Å²) in [6.07, 6.45) is 1.07.